The number of anilines is 2. The van der Waals surface area contributed by atoms with Crippen LogP contribution in [-0.4, -0.2) is 47.0 Å². The van der Waals surface area contributed by atoms with Gasteiger partial charge in [0.25, 0.3) is 0 Å². The molecule has 2 amide bonds. The number of para-hydroxylation sites is 2. The molecule has 2 aliphatic heterocycles. The van der Waals surface area contributed by atoms with Gasteiger partial charge in [-0.15, -0.1) is 0 Å². The minimum atomic E-state index is -0.692. The summed E-state index contributed by atoms with van der Waals surface area (Å²) < 4.78 is 11.2. The van der Waals surface area contributed by atoms with Gasteiger partial charge in [0.2, 0.25) is 11.8 Å². The number of rotatable bonds is 7. The van der Waals surface area contributed by atoms with Crippen LogP contribution in [-0.2, 0) is 28.7 Å². The van der Waals surface area contributed by atoms with Crippen molar-refractivity contribution >= 4 is 56.7 Å². The molecule has 2 aliphatic rings. The predicted molar refractivity (Wildman–Crippen MR) is 157 cm³/mol. The molecule has 2 aromatic carbocycles. The summed E-state index contributed by atoms with van der Waals surface area (Å²) in [6, 6.07) is 13.5. The lowest BCUT2D eigenvalue weighted by Crippen LogP contribution is -2.42. The van der Waals surface area contributed by atoms with E-state index in [1.165, 1.54) is 21.6 Å². The fourth-order valence-corrected chi connectivity index (χ4v) is 7.04. The molecule has 0 bridgehead atoms. The lowest BCUT2D eigenvalue weighted by atomic mass is 10.1. The van der Waals surface area contributed by atoms with Gasteiger partial charge < -0.3 is 9.47 Å². The molecule has 2 atom stereocenters. The van der Waals surface area contributed by atoms with Gasteiger partial charge in [-0.2, -0.15) is 0 Å². The molecule has 0 N–H and O–H groups in total. The van der Waals surface area contributed by atoms with Crippen LogP contribution in [0.3, 0.4) is 0 Å². The fourth-order valence-electron chi connectivity index (χ4n) is 4.70. The summed E-state index contributed by atoms with van der Waals surface area (Å²) in [5, 5.41) is 0. The molecule has 2 aromatic rings. The van der Waals surface area contributed by atoms with Crippen molar-refractivity contribution in [2.75, 3.05) is 9.80 Å². The molecule has 2 unspecified atom stereocenters. The van der Waals surface area contributed by atoms with Crippen molar-refractivity contribution < 1.29 is 28.7 Å². The molecule has 0 spiro atoms. The number of benzene rings is 2. The van der Waals surface area contributed by atoms with E-state index < -0.39 is 35.2 Å². The van der Waals surface area contributed by atoms with Gasteiger partial charge in [-0.1, -0.05) is 45.9 Å². The zero-order valence-corrected chi connectivity index (χ0v) is 25.4. The van der Waals surface area contributed by atoms with Crippen molar-refractivity contribution in [3.8, 4) is 0 Å². The molecular weight excluding hydrogens is 548 g/mol. The number of carbonyl (C=O) groups excluding carboxylic acids is 4. The van der Waals surface area contributed by atoms with Crippen molar-refractivity contribution in [3.63, 3.8) is 0 Å². The Morgan fingerprint density at radius 2 is 1.02 bits per heavy atom. The van der Waals surface area contributed by atoms with Crippen LogP contribution in [0.5, 0.6) is 0 Å². The zero-order chi connectivity index (χ0) is 29.2. The third-order valence-corrected chi connectivity index (χ3v) is 8.71. The zero-order valence-electron chi connectivity index (χ0n) is 23.8. The van der Waals surface area contributed by atoms with E-state index in [-0.39, 0.29) is 24.7 Å². The summed E-state index contributed by atoms with van der Waals surface area (Å²) >= 11 is 0. The van der Waals surface area contributed by atoms with Gasteiger partial charge in [-0.05, 0) is 78.6 Å². The van der Waals surface area contributed by atoms with Crippen molar-refractivity contribution in [1.29, 1.82) is 0 Å². The largest absolute Gasteiger partial charge is 0.458 e. The third-order valence-electron chi connectivity index (χ3n) is 6.25. The van der Waals surface area contributed by atoms with E-state index in [4.69, 9.17) is 9.47 Å². The quantitative estimate of drug-likeness (QED) is 0.282. The topological polar surface area (TPSA) is 93.2 Å². The summed E-state index contributed by atoms with van der Waals surface area (Å²) in [6.45, 7) is 10.8. The molecule has 0 aliphatic carbocycles. The standard InChI is InChI=1S/C30H36N2O6S2/c1-29(2,3)37-27(35)21-15-17-25(33)31(21)19-11-7-9-13-23(19)39-40-24-14-10-8-12-20(24)32-22(16-18-26(32)34)28(36)38-30(4,5)6/h7-14,21-22H,15-18H2,1-6H3. The number of amides is 2. The molecule has 0 aromatic heterocycles. The van der Waals surface area contributed by atoms with Gasteiger partial charge in [0, 0.05) is 22.6 Å². The van der Waals surface area contributed by atoms with E-state index in [1.807, 2.05) is 90.1 Å². The molecule has 2 fully saturated rings. The van der Waals surface area contributed by atoms with Crippen LogP contribution in [0.1, 0.15) is 67.2 Å². The average molecular weight is 585 g/mol. The first kappa shape index (κ1) is 30.0. The molecule has 10 heteroatoms. The Bertz CT molecular complexity index is 1200. The van der Waals surface area contributed by atoms with Crippen molar-refractivity contribution in [3.05, 3.63) is 48.5 Å². The molecule has 2 heterocycles. The van der Waals surface area contributed by atoms with Gasteiger partial charge in [0.1, 0.15) is 23.3 Å². The van der Waals surface area contributed by atoms with Gasteiger partial charge >= 0.3 is 11.9 Å². The minimum Gasteiger partial charge on any atom is -0.458 e. The van der Waals surface area contributed by atoms with Crippen LogP contribution in [0.25, 0.3) is 0 Å². The number of ether oxygens (including phenoxy) is 2. The Balaban J connectivity index is 1.58. The number of esters is 2. The van der Waals surface area contributed by atoms with Crippen LogP contribution in [0.4, 0.5) is 11.4 Å². The first-order valence-electron chi connectivity index (χ1n) is 13.4. The van der Waals surface area contributed by atoms with Crippen molar-refractivity contribution in [1.82, 2.24) is 0 Å². The summed E-state index contributed by atoms with van der Waals surface area (Å²) in [4.78, 5) is 56.5. The van der Waals surface area contributed by atoms with Crippen LogP contribution < -0.4 is 9.80 Å². The Labute approximate surface area is 243 Å². The first-order valence-corrected chi connectivity index (χ1v) is 15.5. The number of carbonyl (C=O) groups is 4. The maximum absolute atomic E-state index is 13.0. The lowest BCUT2D eigenvalue weighted by molar-refractivity contribution is -0.157. The van der Waals surface area contributed by atoms with E-state index in [2.05, 4.69) is 0 Å². The molecule has 214 valence electrons. The second kappa shape index (κ2) is 11.9. The molecule has 4 rings (SSSR count). The first-order chi connectivity index (χ1) is 18.7. The molecular formula is C30H36N2O6S2. The Morgan fingerprint density at radius 3 is 1.38 bits per heavy atom. The highest BCUT2D eigenvalue weighted by molar-refractivity contribution is 8.76. The summed E-state index contributed by atoms with van der Waals surface area (Å²) in [7, 11) is 2.85. The van der Waals surface area contributed by atoms with Crippen LogP contribution in [0.15, 0.2) is 58.3 Å². The highest BCUT2D eigenvalue weighted by Gasteiger charge is 2.42. The highest BCUT2D eigenvalue weighted by Crippen LogP contribution is 2.47. The van der Waals surface area contributed by atoms with E-state index in [9.17, 15) is 19.2 Å². The maximum atomic E-state index is 13.0. The molecule has 8 nitrogen and oxygen atoms in total. The van der Waals surface area contributed by atoms with Gasteiger partial charge in [0.15, 0.2) is 0 Å². The smallest absolute Gasteiger partial charge is 0.329 e. The number of hydrogen-bond acceptors (Lipinski definition) is 8. The van der Waals surface area contributed by atoms with Gasteiger partial charge in [0.05, 0.1) is 11.4 Å². The average Bonchev–Trinajstić information content (AvgIpc) is 3.43. The Hall–Kier alpha value is -2.98. The van der Waals surface area contributed by atoms with Gasteiger partial charge in [-0.25, -0.2) is 9.59 Å². The van der Waals surface area contributed by atoms with E-state index in [1.54, 1.807) is 9.80 Å². The summed E-state index contributed by atoms with van der Waals surface area (Å²) in [5.41, 5.74) is -0.0434. The van der Waals surface area contributed by atoms with Crippen LogP contribution >= 0.6 is 21.6 Å². The fraction of sp³-hybridized carbons (Fsp3) is 0.467. The molecule has 40 heavy (non-hydrogen) atoms. The van der Waals surface area contributed by atoms with E-state index in [0.29, 0.717) is 24.2 Å². The summed E-state index contributed by atoms with van der Waals surface area (Å²) in [6.07, 6.45) is 1.32. The van der Waals surface area contributed by atoms with Crippen molar-refractivity contribution in [2.24, 2.45) is 0 Å². The second-order valence-electron chi connectivity index (χ2n) is 11.8. The van der Waals surface area contributed by atoms with E-state index >= 15 is 0 Å². The van der Waals surface area contributed by atoms with E-state index in [0.717, 1.165) is 9.79 Å². The third kappa shape index (κ3) is 7.01. The van der Waals surface area contributed by atoms with Crippen LogP contribution in [0, 0.1) is 0 Å². The monoisotopic (exact) mass is 584 g/mol. The molecule has 0 saturated carbocycles. The van der Waals surface area contributed by atoms with Crippen molar-refractivity contribution in [2.45, 2.75) is 100 Å². The van der Waals surface area contributed by atoms with Crippen LogP contribution in [0.2, 0.25) is 0 Å². The molecule has 2 saturated heterocycles. The number of nitrogens with zero attached hydrogens (tertiary/aromatic N) is 2. The normalized spacial score (nSPS) is 19.8. The number of hydrogen-bond donors (Lipinski definition) is 0. The SMILES string of the molecule is CC(C)(C)OC(=O)C1CCC(=O)N1c1ccccc1SSc1ccccc1N1C(=O)CCC1C(=O)OC(C)(C)C. The maximum Gasteiger partial charge on any atom is 0.329 e. The second-order valence-corrected chi connectivity index (χ2v) is 14.0. The highest BCUT2D eigenvalue weighted by atomic mass is 33.1. The summed E-state index contributed by atoms with van der Waals surface area (Å²) in [5.74, 6) is -1.09. The Morgan fingerprint density at radius 1 is 0.675 bits per heavy atom. The van der Waals surface area contributed by atoms with Gasteiger partial charge in [-0.3, -0.25) is 19.4 Å². The predicted octanol–water partition coefficient (Wildman–Crippen LogP) is 6.16. The lowest BCUT2D eigenvalue weighted by Gasteiger charge is -2.29. The Kier molecular flexibility index (Phi) is 8.89. The molecule has 0 radical (unpaired) electrons. The minimum absolute atomic E-state index is 0.128.